The normalized spacial score (nSPS) is 12.0. The van der Waals surface area contributed by atoms with E-state index >= 15 is 0 Å². The Morgan fingerprint density at radius 2 is 1.87 bits per heavy atom. The number of nitrogen functional groups attached to an aromatic ring is 2. The predicted octanol–water partition coefficient (Wildman–Crippen LogP) is 2.92. The van der Waals surface area contributed by atoms with E-state index in [1.54, 1.807) is 12.1 Å². The molecule has 14 heteroatoms. The van der Waals surface area contributed by atoms with Crippen LogP contribution in [-0.2, 0) is 14.8 Å². The van der Waals surface area contributed by atoms with E-state index in [9.17, 15) is 21.6 Å². The van der Waals surface area contributed by atoms with Gasteiger partial charge in [0.2, 0.25) is 16.0 Å². The minimum Gasteiger partial charge on any atom is -0.475 e. The molecule has 9 nitrogen and oxygen atoms in total. The zero-order chi connectivity index (χ0) is 23.1. The van der Waals surface area contributed by atoms with E-state index in [0.717, 1.165) is 16.7 Å². The average molecular weight is 473 g/mol. The van der Waals surface area contributed by atoms with Gasteiger partial charge in [0, 0.05) is 22.0 Å². The summed E-state index contributed by atoms with van der Waals surface area (Å²) in [4.78, 5) is 18.1. The largest absolute Gasteiger partial charge is 0.490 e. The third-order valence-corrected chi connectivity index (χ3v) is 5.95. The van der Waals surface area contributed by atoms with E-state index in [-0.39, 0.29) is 11.8 Å². The van der Waals surface area contributed by atoms with Gasteiger partial charge in [-0.25, -0.2) is 22.2 Å². The summed E-state index contributed by atoms with van der Waals surface area (Å²) in [6.45, 7) is 0. The minimum atomic E-state index is -5.08. The van der Waals surface area contributed by atoms with Gasteiger partial charge in [-0.05, 0) is 23.6 Å². The van der Waals surface area contributed by atoms with Gasteiger partial charge in [0.15, 0.2) is 0 Å². The van der Waals surface area contributed by atoms with Crippen LogP contribution in [-0.4, -0.2) is 45.9 Å². The number of nitrogens with two attached hydrogens (primary N) is 2. The molecule has 31 heavy (non-hydrogen) atoms. The van der Waals surface area contributed by atoms with Gasteiger partial charge in [-0.15, -0.1) is 11.3 Å². The Morgan fingerprint density at radius 1 is 1.23 bits per heavy atom. The van der Waals surface area contributed by atoms with Gasteiger partial charge >= 0.3 is 12.1 Å². The molecule has 0 bridgehead atoms. The number of alkyl halides is 3. The summed E-state index contributed by atoms with van der Waals surface area (Å²) < 4.78 is 57.4. The van der Waals surface area contributed by atoms with Gasteiger partial charge in [-0.2, -0.15) is 18.2 Å². The Labute approximate surface area is 176 Å². The number of carbonyl (C=O) groups is 1. The lowest BCUT2D eigenvalue weighted by molar-refractivity contribution is -0.192. The third-order valence-electron chi connectivity index (χ3n) is 4.03. The topological polar surface area (TPSA) is 154 Å². The van der Waals surface area contributed by atoms with Crippen molar-refractivity contribution in [2.24, 2.45) is 0 Å². The van der Waals surface area contributed by atoms with Crippen LogP contribution in [0.15, 0.2) is 35.8 Å². The molecule has 0 amide bonds. The summed E-state index contributed by atoms with van der Waals surface area (Å²) in [5.74, 6) is -2.45. The molecule has 0 aliphatic rings. The first-order valence-corrected chi connectivity index (χ1v) is 10.9. The zero-order valence-electron chi connectivity index (χ0n) is 15.6. The van der Waals surface area contributed by atoms with Crippen molar-refractivity contribution in [2.45, 2.75) is 6.18 Å². The fourth-order valence-corrected chi connectivity index (χ4v) is 4.43. The summed E-state index contributed by atoms with van der Waals surface area (Å²) >= 11 is 1.52. The molecule has 0 spiro atoms. The molecule has 0 radical (unpaired) electrons. The molecule has 1 aromatic carbocycles. The van der Waals surface area contributed by atoms with Gasteiger partial charge in [-0.3, -0.25) is 0 Å². The van der Waals surface area contributed by atoms with Crippen molar-refractivity contribution in [3.63, 3.8) is 0 Å². The quantitative estimate of drug-likeness (QED) is 0.401. The van der Waals surface area contributed by atoms with E-state index in [1.807, 2.05) is 17.5 Å². The standard InChI is InChI=1S/C15H13N5O2S2.C2HF3O2/c1-24(21,22)20-5-4-8-12-10(18-15(17)19-14(12)16)7-9(13(8)20)11-3-2-6-23-11;3-2(4,5)1(6)7/h2-7H,1H3,(H4,16,17,18,19);(H,6,7). The van der Waals surface area contributed by atoms with Crippen molar-refractivity contribution in [3.05, 3.63) is 35.8 Å². The van der Waals surface area contributed by atoms with Crippen molar-refractivity contribution in [2.75, 3.05) is 17.7 Å². The van der Waals surface area contributed by atoms with Crippen LogP contribution in [0.3, 0.4) is 0 Å². The molecule has 0 saturated heterocycles. The Morgan fingerprint density at radius 3 is 2.39 bits per heavy atom. The molecule has 4 aromatic rings. The van der Waals surface area contributed by atoms with Gasteiger partial charge < -0.3 is 16.6 Å². The molecule has 3 aromatic heterocycles. The maximum absolute atomic E-state index is 12.2. The number of nitrogens with zero attached hydrogens (tertiary/aromatic N) is 3. The summed E-state index contributed by atoms with van der Waals surface area (Å²) in [6.07, 6.45) is -2.40. The highest BCUT2D eigenvalue weighted by Gasteiger charge is 2.38. The Bertz CT molecular complexity index is 1400. The second kappa shape index (κ2) is 7.70. The van der Waals surface area contributed by atoms with Crippen LogP contribution in [0.4, 0.5) is 24.9 Å². The van der Waals surface area contributed by atoms with Gasteiger partial charge in [0.05, 0.1) is 22.7 Å². The number of anilines is 2. The molecule has 0 unspecified atom stereocenters. The highest BCUT2D eigenvalue weighted by atomic mass is 32.2. The molecule has 164 valence electrons. The Hall–Kier alpha value is -3.39. The summed E-state index contributed by atoms with van der Waals surface area (Å²) in [5, 5.41) is 10.3. The molecular formula is C17H14F3N5O4S2. The first-order valence-electron chi connectivity index (χ1n) is 8.22. The van der Waals surface area contributed by atoms with Crippen molar-refractivity contribution in [1.82, 2.24) is 13.9 Å². The zero-order valence-corrected chi connectivity index (χ0v) is 17.2. The van der Waals surface area contributed by atoms with E-state index < -0.39 is 22.2 Å². The van der Waals surface area contributed by atoms with E-state index in [1.165, 1.54) is 21.5 Å². The van der Waals surface area contributed by atoms with Crippen molar-refractivity contribution in [1.29, 1.82) is 0 Å². The van der Waals surface area contributed by atoms with Gasteiger partial charge in [-0.1, -0.05) is 6.07 Å². The van der Waals surface area contributed by atoms with Crippen LogP contribution in [0.25, 0.3) is 32.2 Å². The maximum atomic E-state index is 12.2. The number of halogens is 3. The van der Waals surface area contributed by atoms with E-state index in [0.29, 0.717) is 21.8 Å². The lowest BCUT2D eigenvalue weighted by atomic mass is 10.1. The van der Waals surface area contributed by atoms with Crippen LogP contribution in [0.5, 0.6) is 0 Å². The maximum Gasteiger partial charge on any atom is 0.490 e. The first kappa shape index (κ1) is 22.3. The first-order chi connectivity index (χ1) is 14.3. The lowest BCUT2D eigenvalue weighted by Crippen LogP contribution is -2.21. The van der Waals surface area contributed by atoms with Crippen LogP contribution < -0.4 is 11.5 Å². The Balaban J connectivity index is 0.000000339. The Kier molecular flexibility index (Phi) is 5.54. The number of fused-ring (bicyclic) bond motifs is 3. The number of carboxylic acids is 1. The number of thiophene rings is 1. The molecule has 0 atom stereocenters. The van der Waals surface area contributed by atoms with Gasteiger partial charge in [0.25, 0.3) is 0 Å². The number of benzene rings is 1. The monoisotopic (exact) mass is 473 g/mol. The number of hydrogen-bond acceptors (Lipinski definition) is 8. The number of aliphatic carboxylic acids is 1. The van der Waals surface area contributed by atoms with E-state index in [4.69, 9.17) is 21.4 Å². The third kappa shape index (κ3) is 4.39. The number of rotatable bonds is 2. The number of aromatic nitrogens is 3. The second-order valence-electron chi connectivity index (χ2n) is 6.20. The lowest BCUT2D eigenvalue weighted by Gasteiger charge is -2.11. The van der Waals surface area contributed by atoms with Crippen LogP contribution in [0, 0.1) is 0 Å². The predicted molar refractivity (Wildman–Crippen MR) is 111 cm³/mol. The van der Waals surface area contributed by atoms with Crippen molar-refractivity contribution in [3.8, 4) is 10.4 Å². The second-order valence-corrected chi connectivity index (χ2v) is 9.01. The average Bonchev–Trinajstić information content (AvgIpc) is 3.29. The van der Waals surface area contributed by atoms with Crippen LogP contribution >= 0.6 is 11.3 Å². The molecule has 0 aliphatic carbocycles. The number of hydrogen-bond donors (Lipinski definition) is 3. The summed E-state index contributed by atoms with van der Waals surface area (Å²) in [7, 11) is -3.47. The van der Waals surface area contributed by atoms with Crippen LogP contribution in [0.1, 0.15) is 0 Å². The molecule has 4 rings (SSSR count). The summed E-state index contributed by atoms with van der Waals surface area (Å²) in [6, 6.07) is 7.36. The highest BCUT2D eigenvalue weighted by Crippen LogP contribution is 2.39. The van der Waals surface area contributed by atoms with Crippen LogP contribution in [0.2, 0.25) is 0 Å². The van der Waals surface area contributed by atoms with Crippen molar-refractivity contribution < 1.29 is 31.5 Å². The minimum absolute atomic E-state index is 0.0824. The van der Waals surface area contributed by atoms with E-state index in [2.05, 4.69) is 9.97 Å². The van der Waals surface area contributed by atoms with Crippen molar-refractivity contribution >= 4 is 60.9 Å². The van der Waals surface area contributed by atoms with Gasteiger partial charge in [0.1, 0.15) is 5.82 Å². The summed E-state index contributed by atoms with van der Waals surface area (Å²) in [5.41, 5.74) is 13.6. The molecule has 3 heterocycles. The highest BCUT2D eigenvalue weighted by molar-refractivity contribution is 7.89. The smallest absolute Gasteiger partial charge is 0.475 e. The molecular weight excluding hydrogens is 459 g/mol. The molecule has 0 saturated carbocycles. The fraction of sp³-hybridized carbons (Fsp3) is 0.118. The molecule has 5 N–H and O–H groups in total. The number of carboxylic acid groups (broad SMARTS) is 1. The fourth-order valence-electron chi connectivity index (χ4n) is 2.88. The SMILES string of the molecule is CS(=O)(=O)n1ccc2c3c(N)nc(N)nc3cc(-c3cccs3)c21.O=C(O)C(F)(F)F. The molecule has 0 fully saturated rings. The molecule has 0 aliphatic heterocycles.